The van der Waals surface area contributed by atoms with Gasteiger partial charge in [-0.25, -0.2) is 0 Å². The minimum absolute atomic E-state index is 0.441. The Hall–Kier alpha value is -2.13. The van der Waals surface area contributed by atoms with Gasteiger partial charge in [0.1, 0.15) is 0 Å². The highest BCUT2D eigenvalue weighted by atomic mass is 32.1. The molecule has 3 rings (SSSR count). The zero-order valence-electron chi connectivity index (χ0n) is 15.2. The Balaban J connectivity index is 1.97. The van der Waals surface area contributed by atoms with Crippen LogP contribution in [0.15, 0.2) is 48.5 Å². The lowest BCUT2D eigenvalue weighted by Gasteiger charge is -2.25. The van der Waals surface area contributed by atoms with Crippen LogP contribution in [0.2, 0.25) is 0 Å². The number of rotatable bonds is 5. The molecule has 0 saturated heterocycles. The molecule has 1 aromatic heterocycles. The monoisotopic (exact) mass is 352 g/mol. The molecular weight excluding hydrogens is 328 g/mol. The molecule has 1 atom stereocenters. The predicted octanol–water partition coefficient (Wildman–Crippen LogP) is 5.92. The lowest BCUT2D eigenvalue weighted by molar-refractivity contribution is -0.143. The molecule has 0 aliphatic heterocycles. The number of benzene rings is 2. The number of carboxylic acids is 1. The second kappa shape index (κ2) is 6.64. The fraction of sp³-hybridized carbons (Fsp3) is 0.318. The minimum Gasteiger partial charge on any atom is -0.481 e. The van der Waals surface area contributed by atoms with Crippen LogP contribution in [0.5, 0.6) is 0 Å². The molecule has 2 aromatic carbocycles. The van der Waals surface area contributed by atoms with Crippen LogP contribution in [0.1, 0.15) is 48.3 Å². The molecule has 0 radical (unpaired) electrons. The van der Waals surface area contributed by atoms with E-state index < -0.39 is 11.4 Å². The van der Waals surface area contributed by atoms with Gasteiger partial charge >= 0.3 is 5.97 Å². The molecule has 0 bridgehead atoms. The van der Waals surface area contributed by atoms with Gasteiger partial charge in [-0.3, -0.25) is 4.79 Å². The molecule has 0 fully saturated rings. The minimum atomic E-state index is -0.925. The summed E-state index contributed by atoms with van der Waals surface area (Å²) in [6, 6.07) is 16.6. The molecule has 25 heavy (non-hydrogen) atoms. The first-order valence-electron chi connectivity index (χ1n) is 8.62. The fourth-order valence-electron chi connectivity index (χ4n) is 3.19. The number of aliphatic carboxylic acids is 1. The summed E-state index contributed by atoms with van der Waals surface area (Å²) in [4.78, 5) is 13.2. The number of aryl methyl sites for hydroxylation is 1. The highest BCUT2D eigenvalue weighted by molar-refractivity contribution is 7.19. The lowest BCUT2D eigenvalue weighted by Crippen LogP contribution is -2.34. The van der Waals surface area contributed by atoms with E-state index in [2.05, 4.69) is 57.2 Å². The smallest absolute Gasteiger partial charge is 0.314 e. The van der Waals surface area contributed by atoms with Gasteiger partial charge in [-0.2, -0.15) is 0 Å². The lowest BCUT2D eigenvalue weighted by atomic mass is 9.78. The van der Waals surface area contributed by atoms with Gasteiger partial charge in [0.05, 0.1) is 5.41 Å². The second-order valence-corrected chi connectivity index (χ2v) is 8.51. The molecule has 3 heteroatoms. The Kier molecular flexibility index (Phi) is 4.70. The maximum absolute atomic E-state index is 12.1. The van der Waals surface area contributed by atoms with Crippen LogP contribution in [-0.2, 0) is 16.6 Å². The summed E-state index contributed by atoms with van der Waals surface area (Å²) < 4.78 is 1.21. The number of fused-ring (bicyclic) bond motifs is 1. The van der Waals surface area contributed by atoms with Gasteiger partial charge in [-0.05, 0) is 48.4 Å². The van der Waals surface area contributed by atoms with Crippen molar-refractivity contribution in [1.29, 1.82) is 0 Å². The number of hydrogen-bond donors (Lipinski definition) is 1. The molecule has 130 valence electrons. The first kappa shape index (κ1) is 17.7. The second-order valence-electron chi connectivity index (χ2n) is 7.34. The highest BCUT2D eigenvalue weighted by Crippen LogP contribution is 2.35. The number of carboxylic acid groups (broad SMARTS) is 1. The summed E-state index contributed by atoms with van der Waals surface area (Å²) in [6.45, 7) is 8.19. The van der Waals surface area contributed by atoms with E-state index in [9.17, 15) is 9.90 Å². The van der Waals surface area contributed by atoms with Crippen molar-refractivity contribution in [3.8, 4) is 0 Å². The van der Waals surface area contributed by atoms with E-state index in [-0.39, 0.29) is 0 Å². The van der Waals surface area contributed by atoms with E-state index in [0.717, 1.165) is 10.4 Å². The van der Waals surface area contributed by atoms with Crippen molar-refractivity contribution in [3.63, 3.8) is 0 Å². The van der Waals surface area contributed by atoms with Gasteiger partial charge in [-0.1, -0.05) is 55.8 Å². The summed E-state index contributed by atoms with van der Waals surface area (Å²) in [6.07, 6.45) is 0.502. The zero-order chi connectivity index (χ0) is 18.2. The summed E-state index contributed by atoms with van der Waals surface area (Å²) in [5.74, 6) is -0.339. The molecule has 1 unspecified atom stereocenters. The molecule has 2 nitrogen and oxygen atoms in total. The van der Waals surface area contributed by atoms with Crippen LogP contribution in [0.25, 0.3) is 10.1 Å². The van der Waals surface area contributed by atoms with Crippen LogP contribution >= 0.6 is 11.3 Å². The Bertz CT molecular complexity index is 905. The van der Waals surface area contributed by atoms with Gasteiger partial charge < -0.3 is 5.11 Å². The van der Waals surface area contributed by atoms with E-state index in [4.69, 9.17) is 0 Å². The van der Waals surface area contributed by atoms with E-state index in [1.54, 1.807) is 11.3 Å². The van der Waals surface area contributed by atoms with Crippen molar-refractivity contribution < 1.29 is 9.90 Å². The number of carbonyl (C=O) groups is 1. The molecule has 0 spiro atoms. The average Bonchev–Trinajstić information content (AvgIpc) is 2.95. The van der Waals surface area contributed by atoms with Crippen LogP contribution in [-0.4, -0.2) is 11.1 Å². The van der Waals surface area contributed by atoms with Crippen molar-refractivity contribution in [2.24, 2.45) is 0 Å². The zero-order valence-corrected chi connectivity index (χ0v) is 16.0. The van der Waals surface area contributed by atoms with Crippen LogP contribution in [0, 0.1) is 6.92 Å². The van der Waals surface area contributed by atoms with Crippen molar-refractivity contribution >= 4 is 27.4 Å². The molecule has 0 amide bonds. The third kappa shape index (κ3) is 3.47. The summed E-state index contributed by atoms with van der Waals surface area (Å²) >= 11 is 1.69. The predicted molar refractivity (Wildman–Crippen MR) is 106 cm³/mol. The maximum Gasteiger partial charge on any atom is 0.314 e. The van der Waals surface area contributed by atoms with Gasteiger partial charge in [0, 0.05) is 16.0 Å². The van der Waals surface area contributed by atoms with Crippen molar-refractivity contribution in [2.75, 3.05) is 0 Å². The third-order valence-electron chi connectivity index (χ3n) is 4.94. The fourth-order valence-corrected chi connectivity index (χ4v) is 4.39. The summed E-state index contributed by atoms with van der Waals surface area (Å²) in [5, 5.41) is 11.1. The highest BCUT2D eigenvalue weighted by Gasteiger charge is 2.36. The van der Waals surface area contributed by atoms with Crippen LogP contribution < -0.4 is 0 Å². The molecule has 1 N–H and O–H groups in total. The standard InChI is InChI=1S/C22H24O2S/c1-14(2)16-6-8-18(9-7-16)22(4,21(23)24)13-19-12-17-11-15(3)5-10-20(17)25-19/h5-12,14H,13H2,1-4H3,(H,23,24). The maximum atomic E-state index is 12.1. The summed E-state index contributed by atoms with van der Waals surface area (Å²) in [5.41, 5.74) is 2.39. The number of hydrogen-bond acceptors (Lipinski definition) is 2. The van der Waals surface area contributed by atoms with E-state index in [1.807, 2.05) is 19.1 Å². The first-order chi connectivity index (χ1) is 11.8. The summed E-state index contributed by atoms with van der Waals surface area (Å²) in [7, 11) is 0. The molecule has 0 aliphatic rings. The third-order valence-corrected chi connectivity index (χ3v) is 6.05. The Morgan fingerprint density at radius 2 is 1.80 bits per heavy atom. The van der Waals surface area contributed by atoms with E-state index >= 15 is 0 Å². The first-order valence-corrected chi connectivity index (χ1v) is 9.44. The molecular formula is C22H24O2S. The van der Waals surface area contributed by atoms with Crippen molar-refractivity contribution in [1.82, 2.24) is 0 Å². The Morgan fingerprint density at radius 1 is 1.12 bits per heavy atom. The van der Waals surface area contributed by atoms with E-state index in [1.165, 1.54) is 21.2 Å². The Morgan fingerprint density at radius 3 is 2.40 bits per heavy atom. The van der Waals surface area contributed by atoms with Crippen LogP contribution in [0.3, 0.4) is 0 Å². The Labute approximate surface area is 153 Å². The number of thiophene rings is 1. The van der Waals surface area contributed by atoms with E-state index in [0.29, 0.717) is 12.3 Å². The molecule has 0 aliphatic carbocycles. The molecule has 0 saturated carbocycles. The molecule has 3 aromatic rings. The quantitative estimate of drug-likeness (QED) is 0.619. The SMILES string of the molecule is Cc1ccc2sc(CC(C)(C(=O)O)c3ccc(C(C)C)cc3)cc2c1. The van der Waals surface area contributed by atoms with Crippen LogP contribution in [0.4, 0.5) is 0 Å². The van der Waals surface area contributed by atoms with Crippen molar-refractivity contribution in [3.05, 3.63) is 70.1 Å². The van der Waals surface area contributed by atoms with Gasteiger partial charge in [0.15, 0.2) is 0 Å². The topological polar surface area (TPSA) is 37.3 Å². The van der Waals surface area contributed by atoms with Gasteiger partial charge in [0.25, 0.3) is 0 Å². The average molecular weight is 352 g/mol. The normalized spacial score (nSPS) is 14.0. The largest absolute Gasteiger partial charge is 0.481 e. The molecule has 1 heterocycles. The van der Waals surface area contributed by atoms with Gasteiger partial charge in [-0.15, -0.1) is 11.3 Å². The van der Waals surface area contributed by atoms with Gasteiger partial charge in [0.2, 0.25) is 0 Å². The van der Waals surface area contributed by atoms with Crippen molar-refractivity contribution in [2.45, 2.75) is 45.4 Å².